The van der Waals surface area contributed by atoms with Crippen molar-refractivity contribution in [2.75, 3.05) is 33.7 Å². The van der Waals surface area contributed by atoms with Crippen LogP contribution in [0.2, 0.25) is 0 Å². The largest absolute Gasteiger partial charge is 0.303 e. The van der Waals surface area contributed by atoms with Gasteiger partial charge in [-0.2, -0.15) is 0 Å². The summed E-state index contributed by atoms with van der Waals surface area (Å²) in [4.78, 5) is 17.0. The van der Waals surface area contributed by atoms with Crippen molar-refractivity contribution in [3.05, 3.63) is 35.2 Å². The zero-order valence-corrected chi connectivity index (χ0v) is 12.8. The van der Waals surface area contributed by atoms with Crippen molar-refractivity contribution in [2.24, 2.45) is 0 Å². The highest BCUT2D eigenvalue weighted by molar-refractivity contribution is 7.17. The fourth-order valence-electron chi connectivity index (χ4n) is 2.83. The molecule has 1 saturated heterocycles. The van der Waals surface area contributed by atoms with Crippen LogP contribution in [0.25, 0.3) is 10.1 Å². The number of likely N-dealkylation sites (N-methyl/N-ethyl adjacent to an activating group) is 2. The maximum atomic E-state index is 12.6. The maximum Gasteiger partial charge on any atom is 0.155 e. The molecule has 1 unspecified atom stereocenters. The number of hydrogen-bond donors (Lipinski definition) is 0. The van der Waals surface area contributed by atoms with E-state index >= 15 is 0 Å². The number of carbonyl (C=O) groups is 1. The minimum Gasteiger partial charge on any atom is -0.303 e. The van der Waals surface area contributed by atoms with Crippen molar-refractivity contribution in [3.8, 4) is 0 Å². The molecule has 1 aromatic heterocycles. The van der Waals surface area contributed by atoms with Gasteiger partial charge < -0.3 is 4.90 Å². The van der Waals surface area contributed by atoms with Gasteiger partial charge in [0.05, 0.1) is 6.04 Å². The number of hydrogen-bond acceptors (Lipinski definition) is 4. The van der Waals surface area contributed by atoms with Crippen molar-refractivity contribution >= 4 is 27.2 Å². The van der Waals surface area contributed by atoms with Gasteiger partial charge in [-0.05, 0) is 36.5 Å². The van der Waals surface area contributed by atoms with E-state index in [2.05, 4.69) is 41.4 Å². The van der Waals surface area contributed by atoms with Gasteiger partial charge >= 0.3 is 0 Å². The number of rotatable bonds is 3. The second-order valence-corrected chi connectivity index (χ2v) is 6.57. The summed E-state index contributed by atoms with van der Waals surface area (Å²) < 4.78 is 1.27. The molecule has 106 valence electrons. The summed E-state index contributed by atoms with van der Waals surface area (Å²) in [5.74, 6) is 0.336. The van der Waals surface area contributed by atoms with Crippen molar-refractivity contribution in [2.45, 2.75) is 12.5 Å². The molecule has 2 heterocycles. The molecule has 0 saturated carbocycles. The molecule has 2 aromatic rings. The summed E-state index contributed by atoms with van der Waals surface area (Å²) >= 11 is 1.73. The standard InChI is InChI=1S/C16H20N2OS/c1-17-7-8-18(2)14(10-17)15(19)9-12-11-20-16-6-4-3-5-13(12)16/h3-6,11,14H,7-10H2,1-2H3. The summed E-state index contributed by atoms with van der Waals surface area (Å²) in [7, 11) is 4.15. The number of thiophene rings is 1. The Morgan fingerprint density at radius 2 is 2.10 bits per heavy atom. The lowest BCUT2D eigenvalue weighted by molar-refractivity contribution is -0.125. The van der Waals surface area contributed by atoms with Gasteiger partial charge in [-0.15, -0.1) is 11.3 Å². The first-order valence-corrected chi connectivity index (χ1v) is 7.89. The van der Waals surface area contributed by atoms with Gasteiger partial charge in [-0.1, -0.05) is 18.2 Å². The first-order chi connectivity index (χ1) is 9.65. The molecule has 1 atom stereocenters. The Morgan fingerprint density at radius 1 is 1.30 bits per heavy atom. The van der Waals surface area contributed by atoms with Crippen molar-refractivity contribution in [1.29, 1.82) is 0 Å². The lowest BCUT2D eigenvalue weighted by Gasteiger charge is -2.36. The molecule has 1 aliphatic heterocycles. The molecule has 4 heteroatoms. The van der Waals surface area contributed by atoms with E-state index in [1.54, 1.807) is 11.3 Å². The highest BCUT2D eigenvalue weighted by atomic mass is 32.1. The van der Waals surface area contributed by atoms with Crippen molar-refractivity contribution in [1.82, 2.24) is 9.80 Å². The Hall–Kier alpha value is -1.23. The molecule has 1 aliphatic rings. The van der Waals surface area contributed by atoms with Crippen LogP contribution in [0.5, 0.6) is 0 Å². The van der Waals surface area contributed by atoms with Gasteiger partial charge in [0.1, 0.15) is 0 Å². The molecule has 1 fully saturated rings. The van der Waals surface area contributed by atoms with E-state index in [1.165, 1.54) is 15.6 Å². The molecular formula is C16H20N2OS. The number of ketones is 1. The van der Waals surface area contributed by atoms with E-state index in [-0.39, 0.29) is 6.04 Å². The molecule has 0 radical (unpaired) electrons. The Kier molecular flexibility index (Phi) is 3.87. The molecule has 3 rings (SSSR count). The van der Waals surface area contributed by atoms with Crippen molar-refractivity contribution in [3.63, 3.8) is 0 Å². The van der Waals surface area contributed by atoms with Gasteiger partial charge in [0.2, 0.25) is 0 Å². The van der Waals surface area contributed by atoms with Crippen LogP contribution in [0.3, 0.4) is 0 Å². The molecule has 20 heavy (non-hydrogen) atoms. The number of benzene rings is 1. The zero-order chi connectivity index (χ0) is 14.1. The van der Waals surface area contributed by atoms with Crippen LogP contribution >= 0.6 is 11.3 Å². The third kappa shape index (κ3) is 2.64. The zero-order valence-electron chi connectivity index (χ0n) is 12.0. The van der Waals surface area contributed by atoms with Crippen LogP contribution in [0.1, 0.15) is 5.56 Å². The minimum atomic E-state index is 0.0346. The maximum absolute atomic E-state index is 12.6. The number of piperazine rings is 1. The molecule has 0 amide bonds. The highest BCUT2D eigenvalue weighted by Gasteiger charge is 2.28. The molecule has 1 aromatic carbocycles. The van der Waals surface area contributed by atoms with Crippen LogP contribution in [-0.2, 0) is 11.2 Å². The summed E-state index contributed by atoms with van der Waals surface area (Å²) in [5, 5.41) is 3.37. The van der Waals surface area contributed by atoms with Crippen molar-refractivity contribution < 1.29 is 4.79 Å². The number of carbonyl (C=O) groups excluding carboxylic acids is 1. The summed E-state index contributed by atoms with van der Waals surface area (Å²) in [5.41, 5.74) is 1.18. The fraction of sp³-hybridized carbons (Fsp3) is 0.438. The third-order valence-electron chi connectivity index (χ3n) is 4.15. The van der Waals surface area contributed by atoms with E-state index in [0.717, 1.165) is 19.6 Å². The molecule has 0 aliphatic carbocycles. The van der Waals surface area contributed by atoms with Crippen LogP contribution < -0.4 is 0 Å². The number of Topliss-reactive ketones (excluding diaryl/α,β-unsaturated/α-hetero) is 1. The average molecular weight is 288 g/mol. The first-order valence-electron chi connectivity index (χ1n) is 7.02. The topological polar surface area (TPSA) is 23.6 Å². The normalized spacial score (nSPS) is 21.4. The Balaban J connectivity index is 1.78. The molecule has 3 nitrogen and oxygen atoms in total. The lowest BCUT2D eigenvalue weighted by atomic mass is 10.0. The van der Waals surface area contributed by atoms with E-state index < -0.39 is 0 Å². The van der Waals surface area contributed by atoms with E-state index in [0.29, 0.717) is 12.2 Å². The Labute approximate surface area is 123 Å². The van der Waals surface area contributed by atoms with Gasteiger partial charge in [0.25, 0.3) is 0 Å². The second-order valence-electron chi connectivity index (χ2n) is 5.66. The quantitative estimate of drug-likeness (QED) is 0.865. The molecule has 0 bridgehead atoms. The highest BCUT2D eigenvalue weighted by Crippen LogP contribution is 2.26. The number of nitrogens with zero attached hydrogens (tertiary/aromatic N) is 2. The van der Waals surface area contributed by atoms with E-state index in [1.807, 2.05) is 12.1 Å². The van der Waals surface area contributed by atoms with Gasteiger partial charge in [0, 0.05) is 30.8 Å². The monoisotopic (exact) mass is 288 g/mol. The lowest BCUT2D eigenvalue weighted by Crippen LogP contribution is -2.53. The summed E-state index contributed by atoms with van der Waals surface area (Å²) in [6.07, 6.45) is 0.548. The predicted molar refractivity (Wildman–Crippen MR) is 84.5 cm³/mol. The van der Waals surface area contributed by atoms with Crippen LogP contribution in [0.15, 0.2) is 29.6 Å². The van der Waals surface area contributed by atoms with Gasteiger partial charge in [-0.25, -0.2) is 0 Å². The predicted octanol–water partition coefficient (Wildman–Crippen LogP) is 2.26. The first kappa shape index (κ1) is 13.7. The molecule has 0 N–H and O–H groups in total. The average Bonchev–Trinajstić information content (AvgIpc) is 2.85. The smallest absolute Gasteiger partial charge is 0.155 e. The van der Waals surface area contributed by atoms with Crippen LogP contribution in [0, 0.1) is 0 Å². The number of fused-ring (bicyclic) bond motifs is 1. The van der Waals surface area contributed by atoms with Crippen LogP contribution in [0.4, 0.5) is 0 Å². The summed E-state index contributed by atoms with van der Waals surface area (Å²) in [6, 6.07) is 8.37. The second kappa shape index (κ2) is 5.64. The fourth-order valence-corrected chi connectivity index (χ4v) is 3.80. The summed E-state index contributed by atoms with van der Waals surface area (Å²) in [6.45, 7) is 2.86. The minimum absolute atomic E-state index is 0.0346. The SMILES string of the molecule is CN1CCN(C)C(C(=O)Cc2csc3ccccc23)C1. The molecular weight excluding hydrogens is 268 g/mol. The van der Waals surface area contributed by atoms with E-state index in [4.69, 9.17) is 0 Å². The van der Waals surface area contributed by atoms with Gasteiger partial charge in [-0.3, -0.25) is 9.69 Å². The van der Waals surface area contributed by atoms with Gasteiger partial charge in [0.15, 0.2) is 5.78 Å². The molecule has 0 spiro atoms. The third-order valence-corrected chi connectivity index (χ3v) is 5.16. The Morgan fingerprint density at radius 3 is 2.95 bits per heavy atom. The van der Waals surface area contributed by atoms with E-state index in [9.17, 15) is 4.79 Å². The Bertz CT molecular complexity index is 622. The van der Waals surface area contributed by atoms with Crippen LogP contribution in [-0.4, -0.2) is 55.4 Å².